The molecule has 4 aliphatic carbocycles. The van der Waals surface area contributed by atoms with Crippen LogP contribution < -0.4 is 0 Å². The van der Waals surface area contributed by atoms with Gasteiger partial charge in [0.25, 0.3) is 0 Å². The zero-order valence-electron chi connectivity index (χ0n) is 22.9. The van der Waals surface area contributed by atoms with E-state index in [1.54, 1.807) is 0 Å². The van der Waals surface area contributed by atoms with E-state index in [9.17, 15) is 0 Å². The monoisotopic (exact) mass is 440 g/mol. The minimum absolute atomic E-state index is 0.269. The Hall–Kier alpha value is -0.560. The molecule has 0 spiro atoms. The summed E-state index contributed by atoms with van der Waals surface area (Å²) in [6.45, 7) is 20.1. The minimum atomic E-state index is 0.269. The topological polar surface area (TPSA) is 9.23 Å². The maximum atomic E-state index is 6.00. The highest BCUT2D eigenvalue weighted by Crippen LogP contribution is 2.72. The lowest BCUT2D eigenvalue weighted by Gasteiger charge is -2.67. The summed E-state index contributed by atoms with van der Waals surface area (Å²) in [6, 6.07) is 0. The average molecular weight is 441 g/mol. The van der Waals surface area contributed by atoms with E-state index in [2.05, 4.69) is 67.5 Å². The van der Waals surface area contributed by atoms with Crippen LogP contribution in [0.2, 0.25) is 0 Å². The van der Waals surface area contributed by atoms with E-state index in [1.807, 2.05) is 12.7 Å². The quantitative estimate of drug-likeness (QED) is 0.396. The van der Waals surface area contributed by atoms with Gasteiger partial charge in [-0.2, -0.15) is 0 Å². The first-order chi connectivity index (χ1) is 14.8. The van der Waals surface area contributed by atoms with Gasteiger partial charge in [0.15, 0.2) is 0 Å². The molecule has 0 aromatic heterocycles. The van der Waals surface area contributed by atoms with Crippen LogP contribution in [0.3, 0.4) is 0 Å². The van der Waals surface area contributed by atoms with Gasteiger partial charge in [0, 0.05) is 7.11 Å². The van der Waals surface area contributed by atoms with Crippen LogP contribution in [0.15, 0.2) is 23.3 Å². The van der Waals surface area contributed by atoms with Gasteiger partial charge in [-0.1, -0.05) is 64.8 Å². The summed E-state index contributed by atoms with van der Waals surface area (Å²) < 4.78 is 6.00. The van der Waals surface area contributed by atoms with Crippen molar-refractivity contribution < 1.29 is 4.74 Å². The van der Waals surface area contributed by atoms with Gasteiger partial charge in [0.2, 0.25) is 0 Å². The van der Waals surface area contributed by atoms with Gasteiger partial charge < -0.3 is 4.74 Å². The summed E-state index contributed by atoms with van der Waals surface area (Å²) in [4.78, 5) is 0. The Morgan fingerprint density at radius 2 is 1.72 bits per heavy atom. The molecule has 0 bridgehead atoms. The maximum absolute atomic E-state index is 6.00. The molecule has 0 aromatic carbocycles. The summed E-state index contributed by atoms with van der Waals surface area (Å²) >= 11 is 0. The highest BCUT2D eigenvalue weighted by molar-refractivity contribution is 5.32. The Bertz CT molecular complexity index is 784. The second-order valence-electron chi connectivity index (χ2n) is 14.3. The molecular weight excluding hydrogens is 388 g/mol. The zero-order valence-corrected chi connectivity index (χ0v) is 22.9. The standard InChI is InChI=1S/C31H52O/c1-22(2)11-10-16-28(5)19-20-31(8)24-12-13-25-27(3,4)26(32-9)15-18-30(25,7)23(24)14-17-29(31,6)21-28/h11,14,24-26H,10,12-13,15-21H2,1-9H3/t24-,25+,26+,28+,29-,30-,31+/m1/s1. The molecule has 0 aromatic rings. The molecule has 4 rings (SSSR count). The van der Waals surface area contributed by atoms with Gasteiger partial charge in [-0.3, -0.25) is 0 Å². The molecule has 32 heavy (non-hydrogen) atoms. The van der Waals surface area contributed by atoms with E-state index in [0.29, 0.717) is 27.8 Å². The number of ether oxygens (including phenoxy) is 1. The number of hydrogen-bond acceptors (Lipinski definition) is 1. The van der Waals surface area contributed by atoms with E-state index >= 15 is 0 Å². The van der Waals surface area contributed by atoms with Crippen LogP contribution >= 0.6 is 0 Å². The van der Waals surface area contributed by atoms with E-state index in [0.717, 1.165) is 11.8 Å². The third kappa shape index (κ3) is 3.59. The highest BCUT2D eigenvalue weighted by atomic mass is 16.5. The Labute approximate surface area is 199 Å². The van der Waals surface area contributed by atoms with Gasteiger partial charge in [-0.15, -0.1) is 0 Å². The van der Waals surface area contributed by atoms with Crippen molar-refractivity contribution in [3.05, 3.63) is 23.3 Å². The fraction of sp³-hybridized carbons (Fsp3) is 0.871. The molecule has 3 fully saturated rings. The zero-order chi connectivity index (χ0) is 23.6. The number of hydrogen-bond donors (Lipinski definition) is 0. The number of rotatable bonds is 4. The molecule has 1 heteroatoms. The molecule has 3 saturated carbocycles. The first kappa shape index (κ1) is 24.6. The molecule has 4 aliphatic rings. The fourth-order valence-corrected chi connectivity index (χ4v) is 9.66. The van der Waals surface area contributed by atoms with Crippen molar-refractivity contribution in [1.82, 2.24) is 0 Å². The molecule has 1 nitrogen and oxygen atoms in total. The van der Waals surface area contributed by atoms with Gasteiger partial charge in [-0.05, 0) is 117 Å². The van der Waals surface area contributed by atoms with E-state index in [4.69, 9.17) is 4.74 Å². The van der Waals surface area contributed by atoms with Crippen LogP contribution in [0, 0.1) is 38.9 Å². The Morgan fingerprint density at radius 3 is 2.38 bits per heavy atom. The van der Waals surface area contributed by atoms with Gasteiger partial charge in [0.1, 0.15) is 0 Å². The lowest BCUT2D eigenvalue weighted by atomic mass is 9.38. The SMILES string of the molecule is CO[C@H]1CC[C@]2(C)C3=CC[C@]4(C)C[C@@](C)(CCC=C(C)C)CC[C@@]4(C)[C@@H]3CC[C@H]2C1(C)C. The fourth-order valence-electron chi connectivity index (χ4n) is 9.66. The highest BCUT2D eigenvalue weighted by Gasteiger charge is 2.63. The third-order valence-electron chi connectivity index (χ3n) is 11.8. The lowest BCUT2D eigenvalue weighted by Crippen LogP contribution is -2.59. The van der Waals surface area contributed by atoms with Crippen molar-refractivity contribution in [2.45, 2.75) is 126 Å². The first-order valence-corrected chi connectivity index (χ1v) is 13.7. The van der Waals surface area contributed by atoms with Crippen LogP contribution in [-0.4, -0.2) is 13.2 Å². The number of methoxy groups -OCH3 is 1. The molecule has 0 aliphatic heterocycles. The summed E-state index contributed by atoms with van der Waals surface area (Å²) in [5, 5.41) is 0. The van der Waals surface area contributed by atoms with Crippen molar-refractivity contribution in [2.24, 2.45) is 38.9 Å². The Kier molecular flexibility index (Phi) is 6.14. The van der Waals surface area contributed by atoms with Gasteiger partial charge in [0.05, 0.1) is 6.10 Å². The van der Waals surface area contributed by atoms with Crippen molar-refractivity contribution in [3.8, 4) is 0 Å². The van der Waals surface area contributed by atoms with Crippen LogP contribution in [0.1, 0.15) is 120 Å². The van der Waals surface area contributed by atoms with Crippen LogP contribution in [0.5, 0.6) is 0 Å². The van der Waals surface area contributed by atoms with Crippen LogP contribution in [0.25, 0.3) is 0 Å². The first-order valence-electron chi connectivity index (χ1n) is 13.7. The number of allylic oxidation sites excluding steroid dienone is 4. The molecule has 7 atom stereocenters. The average Bonchev–Trinajstić information content (AvgIpc) is 2.68. The maximum Gasteiger partial charge on any atom is 0.0625 e. The molecule has 0 heterocycles. The van der Waals surface area contributed by atoms with E-state index in [1.165, 1.54) is 69.8 Å². The van der Waals surface area contributed by atoms with Crippen molar-refractivity contribution >= 4 is 0 Å². The van der Waals surface area contributed by atoms with Crippen molar-refractivity contribution in [1.29, 1.82) is 0 Å². The normalized spacial score (nSPS) is 47.5. The summed E-state index contributed by atoms with van der Waals surface area (Å²) in [6.07, 6.45) is 19.1. The molecule has 0 radical (unpaired) electrons. The van der Waals surface area contributed by atoms with Crippen molar-refractivity contribution in [2.75, 3.05) is 7.11 Å². The third-order valence-corrected chi connectivity index (χ3v) is 11.8. The summed E-state index contributed by atoms with van der Waals surface area (Å²) in [5.74, 6) is 1.54. The van der Waals surface area contributed by atoms with Gasteiger partial charge in [-0.25, -0.2) is 0 Å². The molecule has 182 valence electrons. The molecular formula is C31H52O. The summed E-state index contributed by atoms with van der Waals surface area (Å²) in [7, 11) is 1.93. The Balaban J connectivity index is 1.63. The predicted molar refractivity (Wildman–Crippen MR) is 138 cm³/mol. The molecule has 0 unspecified atom stereocenters. The van der Waals surface area contributed by atoms with Crippen LogP contribution in [0.4, 0.5) is 0 Å². The van der Waals surface area contributed by atoms with Gasteiger partial charge >= 0.3 is 0 Å². The summed E-state index contributed by atoms with van der Waals surface area (Å²) in [5.41, 5.74) is 5.39. The van der Waals surface area contributed by atoms with E-state index < -0.39 is 0 Å². The molecule has 0 amide bonds. The smallest absolute Gasteiger partial charge is 0.0625 e. The Morgan fingerprint density at radius 1 is 1.00 bits per heavy atom. The van der Waals surface area contributed by atoms with E-state index in [-0.39, 0.29) is 5.41 Å². The second-order valence-corrected chi connectivity index (χ2v) is 14.3. The lowest BCUT2D eigenvalue weighted by molar-refractivity contribution is -0.144. The molecule has 0 saturated heterocycles. The number of fused-ring (bicyclic) bond motifs is 5. The van der Waals surface area contributed by atoms with Crippen LogP contribution in [-0.2, 0) is 4.74 Å². The largest absolute Gasteiger partial charge is 0.381 e. The van der Waals surface area contributed by atoms with Crippen molar-refractivity contribution in [3.63, 3.8) is 0 Å². The second kappa shape index (κ2) is 8.00. The minimum Gasteiger partial charge on any atom is -0.381 e. The predicted octanol–water partition coefficient (Wildman–Crippen LogP) is 9.13. The molecule has 0 N–H and O–H groups in total.